The van der Waals surface area contributed by atoms with Gasteiger partial charge in [-0.15, -0.1) is 0 Å². The highest BCUT2D eigenvalue weighted by Crippen LogP contribution is 2.33. The molecule has 1 atom stereocenters. The average molecular weight is 379 g/mol. The number of anilines is 1. The zero-order valence-electron chi connectivity index (χ0n) is 15.6. The van der Waals surface area contributed by atoms with Gasteiger partial charge in [0.1, 0.15) is 11.6 Å². The number of carbonyl (C=O) groups is 1. The normalized spacial score (nSPS) is 15.8. The van der Waals surface area contributed by atoms with Crippen LogP contribution in [-0.4, -0.2) is 28.6 Å². The Morgan fingerprint density at radius 2 is 1.86 bits per heavy atom. The molecule has 2 heterocycles. The third-order valence-corrected chi connectivity index (χ3v) is 4.90. The monoisotopic (exact) mass is 379 g/mol. The lowest BCUT2D eigenvalue weighted by molar-refractivity contribution is 0.182. The van der Waals surface area contributed by atoms with Gasteiger partial charge >= 0.3 is 6.03 Å². The van der Waals surface area contributed by atoms with E-state index in [1.807, 2.05) is 54.4 Å². The first kappa shape index (κ1) is 18.1. The Hall–Kier alpha value is -3.28. The molecule has 28 heavy (non-hydrogen) atoms. The van der Waals surface area contributed by atoms with Crippen molar-refractivity contribution in [3.63, 3.8) is 0 Å². The topological polar surface area (TPSA) is 46.5 Å². The molecule has 3 aromatic rings. The van der Waals surface area contributed by atoms with E-state index in [2.05, 4.69) is 9.88 Å². The van der Waals surface area contributed by atoms with Gasteiger partial charge in [-0.3, -0.25) is 0 Å². The summed E-state index contributed by atoms with van der Waals surface area (Å²) in [7, 11) is 0. The van der Waals surface area contributed by atoms with Crippen molar-refractivity contribution in [2.24, 2.45) is 0 Å². The number of hydrogen-bond donors (Lipinski definition) is 1. The minimum atomic E-state index is -0.332. The van der Waals surface area contributed by atoms with Gasteiger partial charge in [-0.1, -0.05) is 12.1 Å². The predicted molar refractivity (Wildman–Crippen MR) is 106 cm³/mol. The van der Waals surface area contributed by atoms with Crippen LogP contribution >= 0.6 is 0 Å². The second kappa shape index (κ2) is 7.76. The molecule has 4 rings (SSSR count). The largest absolute Gasteiger partial charge is 0.494 e. The fourth-order valence-corrected chi connectivity index (χ4v) is 3.59. The maximum atomic E-state index is 13.1. The maximum Gasteiger partial charge on any atom is 0.322 e. The number of carbonyl (C=O) groups excluding carboxylic acids is 1. The Labute approximate surface area is 163 Å². The molecule has 0 aliphatic carbocycles. The highest BCUT2D eigenvalue weighted by molar-refractivity contribution is 5.90. The molecule has 144 valence electrons. The van der Waals surface area contributed by atoms with Crippen LogP contribution in [0, 0.1) is 5.82 Å². The van der Waals surface area contributed by atoms with Crippen LogP contribution in [0.3, 0.4) is 0 Å². The zero-order valence-corrected chi connectivity index (χ0v) is 15.6. The van der Waals surface area contributed by atoms with Gasteiger partial charge in [0, 0.05) is 30.7 Å². The van der Waals surface area contributed by atoms with E-state index in [4.69, 9.17) is 4.74 Å². The first-order valence-corrected chi connectivity index (χ1v) is 9.36. The summed E-state index contributed by atoms with van der Waals surface area (Å²) >= 11 is 0. The Bertz CT molecular complexity index is 951. The third kappa shape index (κ3) is 3.58. The fraction of sp³-hybridized carbons (Fsp3) is 0.227. The Balaban J connectivity index is 1.63. The fourth-order valence-electron chi connectivity index (χ4n) is 3.59. The van der Waals surface area contributed by atoms with Gasteiger partial charge in [-0.2, -0.15) is 0 Å². The van der Waals surface area contributed by atoms with Gasteiger partial charge in [-0.25, -0.2) is 9.18 Å². The molecule has 1 N–H and O–H groups in total. The summed E-state index contributed by atoms with van der Waals surface area (Å²) in [5.74, 6) is 0.473. The molecule has 1 aliphatic rings. The van der Waals surface area contributed by atoms with Gasteiger partial charge in [0.05, 0.1) is 12.6 Å². The van der Waals surface area contributed by atoms with E-state index in [-0.39, 0.29) is 17.9 Å². The number of benzene rings is 2. The van der Waals surface area contributed by atoms with Crippen LogP contribution in [0.2, 0.25) is 0 Å². The number of nitrogens with zero attached hydrogens (tertiary/aromatic N) is 2. The van der Waals surface area contributed by atoms with Crippen LogP contribution in [-0.2, 0) is 6.54 Å². The van der Waals surface area contributed by atoms with Crippen LogP contribution in [0.15, 0.2) is 66.9 Å². The van der Waals surface area contributed by atoms with Crippen LogP contribution in [0.25, 0.3) is 0 Å². The average Bonchev–Trinajstić information content (AvgIpc) is 3.19. The first-order chi connectivity index (χ1) is 13.7. The number of nitrogens with one attached hydrogen (secondary N) is 1. The summed E-state index contributed by atoms with van der Waals surface area (Å²) in [6, 6.07) is 17.3. The van der Waals surface area contributed by atoms with Gasteiger partial charge in [0.25, 0.3) is 0 Å². The summed E-state index contributed by atoms with van der Waals surface area (Å²) in [6.45, 7) is 3.86. The summed E-state index contributed by atoms with van der Waals surface area (Å²) in [5.41, 5.74) is 2.64. The van der Waals surface area contributed by atoms with Crippen molar-refractivity contribution in [1.82, 2.24) is 9.47 Å². The van der Waals surface area contributed by atoms with E-state index in [1.165, 1.54) is 12.1 Å². The van der Waals surface area contributed by atoms with E-state index < -0.39 is 0 Å². The van der Waals surface area contributed by atoms with Gasteiger partial charge < -0.3 is 19.5 Å². The molecule has 1 aromatic heterocycles. The lowest BCUT2D eigenvalue weighted by Crippen LogP contribution is -2.44. The Kier molecular flexibility index (Phi) is 5.02. The molecule has 5 nitrogen and oxygen atoms in total. The number of rotatable bonds is 4. The summed E-state index contributed by atoms with van der Waals surface area (Å²) in [4.78, 5) is 14.8. The number of aromatic nitrogens is 1. The van der Waals surface area contributed by atoms with Crippen molar-refractivity contribution in [3.05, 3.63) is 83.9 Å². The molecule has 2 amide bonds. The molecule has 0 saturated carbocycles. The van der Waals surface area contributed by atoms with Crippen molar-refractivity contribution < 1.29 is 13.9 Å². The molecular weight excluding hydrogens is 357 g/mol. The smallest absolute Gasteiger partial charge is 0.322 e. The highest BCUT2D eigenvalue weighted by Gasteiger charge is 2.32. The van der Waals surface area contributed by atoms with Crippen LogP contribution in [0.1, 0.15) is 24.2 Å². The van der Waals surface area contributed by atoms with E-state index in [0.29, 0.717) is 18.8 Å². The summed E-state index contributed by atoms with van der Waals surface area (Å²) < 4.78 is 20.8. The molecular formula is C22H22FN3O2. The number of urea groups is 1. The number of fused-ring (bicyclic) bond motifs is 1. The molecule has 0 bridgehead atoms. The van der Waals surface area contributed by atoms with Gasteiger partial charge in [0.15, 0.2) is 0 Å². The second-order valence-corrected chi connectivity index (χ2v) is 6.66. The predicted octanol–water partition coefficient (Wildman–Crippen LogP) is 4.66. The van der Waals surface area contributed by atoms with Gasteiger partial charge in [-0.05, 0) is 61.0 Å². The highest BCUT2D eigenvalue weighted by atomic mass is 19.1. The molecule has 0 radical (unpaired) electrons. The van der Waals surface area contributed by atoms with Crippen LogP contribution < -0.4 is 10.1 Å². The molecule has 0 unspecified atom stereocenters. The van der Waals surface area contributed by atoms with Crippen LogP contribution in [0.5, 0.6) is 5.75 Å². The maximum absolute atomic E-state index is 13.1. The molecule has 2 aromatic carbocycles. The van der Waals surface area contributed by atoms with E-state index in [1.54, 1.807) is 12.1 Å². The SMILES string of the molecule is CCOc1ccc([C@@H]2c3cccn3CCN2C(=O)Nc2ccc(F)cc2)cc1. The molecule has 6 heteroatoms. The number of hydrogen-bond acceptors (Lipinski definition) is 2. The number of amides is 2. The minimum Gasteiger partial charge on any atom is -0.494 e. The Morgan fingerprint density at radius 3 is 2.57 bits per heavy atom. The first-order valence-electron chi connectivity index (χ1n) is 9.36. The third-order valence-electron chi connectivity index (χ3n) is 4.90. The van der Waals surface area contributed by atoms with Crippen molar-refractivity contribution in [3.8, 4) is 5.75 Å². The van der Waals surface area contributed by atoms with E-state index >= 15 is 0 Å². The standard InChI is InChI=1S/C22H22FN3O2/c1-2-28-19-11-5-16(6-12-19)21-20-4-3-13-25(20)14-15-26(21)22(27)24-18-9-7-17(23)8-10-18/h3-13,21H,2,14-15H2,1H3,(H,24,27)/t21-/m1/s1. The number of halogens is 1. The van der Waals surface area contributed by atoms with E-state index in [9.17, 15) is 9.18 Å². The van der Waals surface area contributed by atoms with Crippen molar-refractivity contribution in [1.29, 1.82) is 0 Å². The molecule has 0 spiro atoms. The van der Waals surface area contributed by atoms with Gasteiger partial charge in [0.2, 0.25) is 0 Å². The van der Waals surface area contributed by atoms with Crippen molar-refractivity contribution >= 4 is 11.7 Å². The minimum absolute atomic E-state index is 0.208. The molecule has 0 fully saturated rings. The van der Waals surface area contributed by atoms with E-state index in [0.717, 1.165) is 23.6 Å². The second-order valence-electron chi connectivity index (χ2n) is 6.66. The summed E-state index contributed by atoms with van der Waals surface area (Å²) in [6.07, 6.45) is 2.03. The Morgan fingerprint density at radius 1 is 1.11 bits per heavy atom. The summed E-state index contributed by atoms with van der Waals surface area (Å²) in [5, 5.41) is 2.88. The molecule has 0 saturated heterocycles. The lowest BCUT2D eigenvalue weighted by Gasteiger charge is -2.37. The zero-order chi connectivity index (χ0) is 19.5. The molecule has 1 aliphatic heterocycles. The van der Waals surface area contributed by atoms with Crippen molar-refractivity contribution in [2.45, 2.75) is 19.5 Å². The lowest BCUT2D eigenvalue weighted by atomic mass is 10.00. The van der Waals surface area contributed by atoms with Crippen molar-refractivity contribution in [2.75, 3.05) is 18.5 Å². The number of ether oxygens (including phenoxy) is 1. The quantitative estimate of drug-likeness (QED) is 0.716. The van der Waals surface area contributed by atoms with Crippen LogP contribution in [0.4, 0.5) is 14.9 Å².